The van der Waals surface area contributed by atoms with Crippen LogP contribution in [0.15, 0.2) is 16.8 Å². The molecule has 0 aliphatic heterocycles. The fourth-order valence-electron chi connectivity index (χ4n) is 2.01. The van der Waals surface area contributed by atoms with Crippen LogP contribution < -0.4 is 5.32 Å². The van der Waals surface area contributed by atoms with Crippen molar-refractivity contribution in [2.45, 2.75) is 33.9 Å². The van der Waals surface area contributed by atoms with Gasteiger partial charge in [-0.3, -0.25) is 0 Å². The Balaban J connectivity index is 1.95. The molecular formula is C14H20N2S. The van der Waals surface area contributed by atoms with Gasteiger partial charge in [0, 0.05) is 31.5 Å². The molecule has 3 heteroatoms. The predicted molar refractivity (Wildman–Crippen MR) is 74.5 cm³/mol. The van der Waals surface area contributed by atoms with Crippen LogP contribution in [-0.2, 0) is 20.1 Å². The van der Waals surface area contributed by atoms with Gasteiger partial charge in [-0.1, -0.05) is 0 Å². The summed E-state index contributed by atoms with van der Waals surface area (Å²) in [6.45, 7) is 8.41. The van der Waals surface area contributed by atoms with Crippen LogP contribution in [0.25, 0.3) is 0 Å². The first-order valence-corrected chi connectivity index (χ1v) is 6.88. The molecular weight excluding hydrogens is 228 g/mol. The van der Waals surface area contributed by atoms with E-state index in [1.54, 1.807) is 11.3 Å². The molecule has 0 amide bonds. The molecule has 17 heavy (non-hydrogen) atoms. The first kappa shape index (κ1) is 12.4. The van der Waals surface area contributed by atoms with Crippen LogP contribution >= 0.6 is 11.3 Å². The minimum absolute atomic E-state index is 0.947. The third kappa shape index (κ3) is 2.61. The minimum Gasteiger partial charge on any atom is -0.352 e. The Labute approximate surface area is 107 Å². The molecule has 0 bridgehead atoms. The second kappa shape index (κ2) is 5.07. The van der Waals surface area contributed by atoms with E-state index in [1.807, 2.05) is 0 Å². The van der Waals surface area contributed by atoms with Gasteiger partial charge in [0.15, 0.2) is 0 Å². The Morgan fingerprint density at radius 2 is 1.82 bits per heavy atom. The summed E-state index contributed by atoms with van der Waals surface area (Å²) < 4.78 is 2.24. The van der Waals surface area contributed by atoms with Crippen LogP contribution in [0.4, 0.5) is 0 Å². The molecule has 2 nitrogen and oxygen atoms in total. The van der Waals surface area contributed by atoms with E-state index in [1.165, 1.54) is 28.1 Å². The highest BCUT2D eigenvalue weighted by molar-refractivity contribution is 7.08. The topological polar surface area (TPSA) is 17.0 Å². The van der Waals surface area contributed by atoms with Crippen molar-refractivity contribution in [1.29, 1.82) is 0 Å². The van der Waals surface area contributed by atoms with Crippen molar-refractivity contribution < 1.29 is 0 Å². The summed E-state index contributed by atoms with van der Waals surface area (Å²) in [4.78, 5) is 0. The molecule has 2 heterocycles. The van der Waals surface area contributed by atoms with Gasteiger partial charge in [0.1, 0.15) is 0 Å². The van der Waals surface area contributed by atoms with Gasteiger partial charge in [0.05, 0.1) is 0 Å². The van der Waals surface area contributed by atoms with Crippen LogP contribution in [0.3, 0.4) is 0 Å². The predicted octanol–water partition coefficient (Wildman–Crippen LogP) is 3.30. The third-order valence-electron chi connectivity index (χ3n) is 3.47. The van der Waals surface area contributed by atoms with Crippen LogP contribution in [-0.4, -0.2) is 4.57 Å². The Kier molecular flexibility index (Phi) is 3.69. The molecule has 1 N–H and O–H groups in total. The molecule has 2 aromatic heterocycles. The molecule has 0 aliphatic rings. The normalized spacial score (nSPS) is 11.1. The van der Waals surface area contributed by atoms with E-state index in [-0.39, 0.29) is 0 Å². The van der Waals surface area contributed by atoms with Crippen LogP contribution in [0.1, 0.15) is 28.1 Å². The molecule has 0 spiro atoms. The first-order chi connectivity index (χ1) is 8.09. The zero-order valence-corrected chi connectivity index (χ0v) is 11.8. The van der Waals surface area contributed by atoms with Gasteiger partial charge in [-0.05, 0) is 54.3 Å². The maximum atomic E-state index is 3.52. The average Bonchev–Trinajstić information content (AvgIpc) is 2.80. The lowest BCUT2D eigenvalue weighted by Crippen LogP contribution is -2.13. The lowest BCUT2D eigenvalue weighted by atomic mass is 10.2. The number of rotatable bonds is 4. The summed E-state index contributed by atoms with van der Waals surface area (Å²) in [6, 6.07) is 2.27. The molecule has 92 valence electrons. The fraction of sp³-hybridized carbons (Fsp3) is 0.429. The number of hydrogen-bond acceptors (Lipinski definition) is 2. The van der Waals surface area contributed by atoms with Gasteiger partial charge in [-0.2, -0.15) is 11.3 Å². The zero-order valence-electron chi connectivity index (χ0n) is 11.0. The second-order valence-electron chi connectivity index (χ2n) is 4.64. The number of aryl methyl sites for hydroxylation is 2. The molecule has 0 aliphatic carbocycles. The van der Waals surface area contributed by atoms with Gasteiger partial charge in [-0.25, -0.2) is 0 Å². The number of nitrogens with one attached hydrogen (secondary N) is 1. The smallest absolute Gasteiger partial charge is 0.0226 e. The van der Waals surface area contributed by atoms with Crippen molar-refractivity contribution in [2.75, 3.05) is 0 Å². The van der Waals surface area contributed by atoms with Crippen LogP contribution in [0, 0.1) is 20.8 Å². The van der Waals surface area contributed by atoms with E-state index in [2.05, 4.69) is 54.5 Å². The van der Waals surface area contributed by atoms with E-state index in [4.69, 9.17) is 0 Å². The highest BCUT2D eigenvalue weighted by Gasteiger charge is 2.05. The molecule has 0 atom stereocenters. The van der Waals surface area contributed by atoms with Crippen molar-refractivity contribution in [2.24, 2.45) is 7.05 Å². The Bertz CT molecular complexity index is 508. The minimum atomic E-state index is 0.947. The molecule has 0 aromatic carbocycles. The van der Waals surface area contributed by atoms with E-state index in [9.17, 15) is 0 Å². The maximum absolute atomic E-state index is 3.52. The van der Waals surface area contributed by atoms with Crippen LogP contribution in [0.5, 0.6) is 0 Å². The number of aromatic nitrogens is 1. The highest BCUT2D eigenvalue weighted by Crippen LogP contribution is 2.15. The van der Waals surface area contributed by atoms with Gasteiger partial charge in [0.2, 0.25) is 0 Å². The maximum Gasteiger partial charge on any atom is 0.0226 e. The van der Waals surface area contributed by atoms with Crippen molar-refractivity contribution in [3.63, 3.8) is 0 Å². The summed E-state index contributed by atoms with van der Waals surface area (Å²) in [6.07, 6.45) is 0. The van der Waals surface area contributed by atoms with Gasteiger partial charge in [-0.15, -0.1) is 0 Å². The number of hydrogen-bond donors (Lipinski definition) is 1. The van der Waals surface area contributed by atoms with E-state index >= 15 is 0 Å². The van der Waals surface area contributed by atoms with Crippen molar-refractivity contribution in [1.82, 2.24) is 9.88 Å². The summed E-state index contributed by atoms with van der Waals surface area (Å²) in [5.41, 5.74) is 6.89. The van der Waals surface area contributed by atoms with Crippen LogP contribution in [0.2, 0.25) is 0 Å². The second-order valence-corrected chi connectivity index (χ2v) is 5.38. The van der Waals surface area contributed by atoms with Gasteiger partial charge < -0.3 is 9.88 Å². The lowest BCUT2D eigenvalue weighted by molar-refractivity contribution is 0.686. The summed E-state index contributed by atoms with van der Waals surface area (Å²) >= 11 is 1.78. The van der Waals surface area contributed by atoms with Gasteiger partial charge in [0.25, 0.3) is 0 Å². The fourth-order valence-corrected chi connectivity index (χ4v) is 2.87. The Hall–Kier alpha value is -1.06. The van der Waals surface area contributed by atoms with E-state index in [0.29, 0.717) is 0 Å². The molecule has 2 rings (SSSR count). The standard InChI is InChI=1S/C14H20N2S/c1-10-8-17-9-14(10)7-15-6-13-5-11(2)16(4)12(13)3/h5,8-9,15H,6-7H2,1-4H3. The highest BCUT2D eigenvalue weighted by atomic mass is 32.1. The molecule has 0 saturated heterocycles. The third-order valence-corrected chi connectivity index (χ3v) is 4.38. The molecule has 2 aromatic rings. The van der Waals surface area contributed by atoms with Crippen molar-refractivity contribution in [3.8, 4) is 0 Å². The zero-order chi connectivity index (χ0) is 12.4. The van der Waals surface area contributed by atoms with Crippen molar-refractivity contribution >= 4 is 11.3 Å². The largest absolute Gasteiger partial charge is 0.352 e. The average molecular weight is 248 g/mol. The SMILES string of the molecule is Cc1cscc1CNCc1cc(C)n(C)c1C. The number of thiophene rings is 1. The molecule has 0 fully saturated rings. The first-order valence-electron chi connectivity index (χ1n) is 5.93. The monoisotopic (exact) mass is 248 g/mol. The lowest BCUT2D eigenvalue weighted by Gasteiger charge is -2.05. The molecule has 0 saturated carbocycles. The van der Waals surface area contributed by atoms with E-state index < -0.39 is 0 Å². The van der Waals surface area contributed by atoms with E-state index in [0.717, 1.165) is 13.1 Å². The quantitative estimate of drug-likeness (QED) is 0.878. The number of nitrogens with zero attached hydrogens (tertiary/aromatic N) is 1. The Morgan fingerprint density at radius 1 is 1.12 bits per heavy atom. The summed E-state index contributed by atoms with van der Waals surface area (Å²) in [5, 5.41) is 7.95. The summed E-state index contributed by atoms with van der Waals surface area (Å²) in [5.74, 6) is 0. The van der Waals surface area contributed by atoms with Crippen molar-refractivity contribution in [3.05, 3.63) is 44.9 Å². The Morgan fingerprint density at radius 3 is 2.35 bits per heavy atom. The molecule has 0 unspecified atom stereocenters. The van der Waals surface area contributed by atoms with Gasteiger partial charge >= 0.3 is 0 Å². The molecule has 0 radical (unpaired) electrons. The summed E-state index contributed by atoms with van der Waals surface area (Å²) in [7, 11) is 2.12.